The molecular formula is C13H21NO2. The van der Waals surface area contributed by atoms with E-state index in [1.54, 1.807) is 7.11 Å². The van der Waals surface area contributed by atoms with Crippen molar-refractivity contribution in [3.8, 4) is 5.75 Å². The van der Waals surface area contributed by atoms with Gasteiger partial charge in [0.15, 0.2) is 0 Å². The zero-order valence-electron chi connectivity index (χ0n) is 10.1. The molecule has 0 fully saturated rings. The summed E-state index contributed by atoms with van der Waals surface area (Å²) in [6.07, 6.45) is 1.86. The van der Waals surface area contributed by atoms with Crippen LogP contribution in [0, 0.1) is 0 Å². The molecule has 0 aromatic heterocycles. The molecule has 0 aliphatic heterocycles. The number of aliphatic hydroxyl groups excluding tert-OH is 1. The molecule has 16 heavy (non-hydrogen) atoms. The lowest BCUT2D eigenvalue weighted by atomic mass is 10.1. The summed E-state index contributed by atoms with van der Waals surface area (Å²) in [5, 5.41) is 12.1. The highest BCUT2D eigenvalue weighted by Gasteiger charge is 2.04. The van der Waals surface area contributed by atoms with Gasteiger partial charge in [-0.25, -0.2) is 0 Å². The molecule has 0 heterocycles. The van der Waals surface area contributed by atoms with Crippen molar-refractivity contribution in [1.82, 2.24) is 5.32 Å². The lowest BCUT2D eigenvalue weighted by Crippen LogP contribution is -2.20. The highest BCUT2D eigenvalue weighted by atomic mass is 16.5. The maximum Gasteiger partial charge on any atom is 0.119 e. The second-order valence-corrected chi connectivity index (χ2v) is 3.88. The minimum Gasteiger partial charge on any atom is -0.497 e. The molecule has 0 saturated heterocycles. The summed E-state index contributed by atoms with van der Waals surface area (Å²) in [6.45, 7) is 3.34. The molecule has 3 nitrogen and oxygen atoms in total. The van der Waals surface area contributed by atoms with E-state index in [0.717, 1.165) is 25.1 Å². The van der Waals surface area contributed by atoms with Gasteiger partial charge in [-0.1, -0.05) is 12.1 Å². The number of ether oxygens (including phenoxy) is 1. The Bertz CT molecular complexity index is 302. The molecule has 0 aliphatic carbocycles. The number of rotatable bonds is 7. The second-order valence-electron chi connectivity index (χ2n) is 3.88. The van der Waals surface area contributed by atoms with E-state index in [4.69, 9.17) is 9.84 Å². The quantitative estimate of drug-likeness (QED) is 0.696. The van der Waals surface area contributed by atoms with Crippen LogP contribution in [0.3, 0.4) is 0 Å². The Balaban J connectivity index is 2.42. The fourth-order valence-electron chi connectivity index (χ4n) is 1.58. The van der Waals surface area contributed by atoms with E-state index in [2.05, 4.69) is 18.3 Å². The first kappa shape index (κ1) is 13.0. The summed E-state index contributed by atoms with van der Waals surface area (Å²) in [7, 11) is 1.68. The first-order chi connectivity index (χ1) is 7.77. The molecule has 1 atom stereocenters. The van der Waals surface area contributed by atoms with E-state index in [1.165, 1.54) is 5.56 Å². The Morgan fingerprint density at radius 1 is 1.38 bits per heavy atom. The van der Waals surface area contributed by atoms with E-state index in [9.17, 15) is 0 Å². The normalized spacial score (nSPS) is 12.4. The number of unbranched alkanes of at least 4 members (excludes halogenated alkanes) is 1. The number of hydrogen-bond donors (Lipinski definition) is 2. The van der Waals surface area contributed by atoms with Crippen LogP contribution in [0.4, 0.5) is 0 Å². The molecule has 1 aromatic carbocycles. The summed E-state index contributed by atoms with van der Waals surface area (Å²) in [5.74, 6) is 0.890. The van der Waals surface area contributed by atoms with Crippen LogP contribution in [-0.4, -0.2) is 25.4 Å². The Morgan fingerprint density at radius 3 is 2.88 bits per heavy atom. The van der Waals surface area contributed by atoms with Gasteiger partial charge in [-0.05, 0) is 44.0 Å². The van der Waals surface area contributed by atoms with Gasteiger partial charge in [-0.15, -0.1) is 0 Å². The van der Waals surface area contributed by atoms with Crippen molar-refractivity contribution in [3.05, 3.63) is 29.8 Å². The van der Waals surface area contributed by atoms with E-state index in [0.29, 0.717) is 6.04 Å². The first-order valence-corrected chi connectivity index (χ1v) is 5.76. The second kappa shape index (κ2) is 7.25. The summed E-state index contributed by atoms with van der Waals surface area (Å²) in [4.78, 5) is 0. The van der Waals surface area contributed by atoms with Crippen molar-refractivity contribution in [3.63, 3.8) is 0 Å². The maximum absolute atomic E-state index is 8.67. The third kappa shape index (κ3) is 4.21. The number of aliphatic hydroxyl groups is 1. The molecular weight excluding hydrogens is 202 g/mol. The molecule has 1 aromatic rings. The van der Waals surface area contributed by atoms with Gasteiger partial charge in [-0.2, -0.15) is 0 Å². The number of methoxy groups -OCH3 is 1. The zero-order chi connectivity index (χ0) is 11.8. The monoisotopic (exact) mass is 223 g/mol. The molecule has 0 amide bonds. The van der Waals surface area contributed by atoms with Gasteiger partial charge in [0.05, 0.1) is 7.11 Å². The fourth-order valence-corrected chi connectivity index (χ4v) is 1.58. The topological polar surface area (TPSA) is 41.5 Å². The van der Waals surface area contributed by atoms with Gasteiger partial charge in [0.25, 0.3) is 0 Å². The SMILES string of the molecule is COc1cccc(C(C)NCCCCO)c1. The van der Waals surface area contributed by atoms with Crippen molar-refractivity contribution in [2.45, 2.75) is 25.8 Å². The molecule has 0 saturated carbocycles. The summed E-state index contributed by atoms with van der Waals surface area (Å²) in [5.41, 5.74) is 1.23. The fraction of sp³-hybridized carbons (Fsp3) is 0.538. The minimum atomic E-state index is 0.273. The summed E-state index contributed by atoms with van der Waals surface area (Å²) < 4.78 is 5.19. The van der Waals surface area contributed by atoms with Crippen LogP contribution in [0.5, 0.6) is 5.75 Å². The van der Waals surface area contributed by atoms with Gasteiger partial charge in [0, 0.05) is 12.6 Å². The Labute approximate surface area is 97.4 Å². The van der Waals surface area contributed by atoms with Crippen LogP contribution in [0.15, 0.2) is 24.3 Å². The Morgan fingerprint density at radius 2 is 2.19 bits per heavy atom. The third-order valence-electron chi connectivity index (χ3n) is 2.63. The van der Waals surface area contributed by atoms with Gasteiger partial charge in [0.1, 0.15) is 5.75 Å². The molecule has 0 bridgehead atoms. The van der Waals surface area contributed by atoms with Crippen LogP contribution in [0.25, 0.3) is 0 Å². The zero-order valence-corrected chi connectivity index (χ0v) is 10.1. The van der Waals surface area contributed by atoms with E-state index < -0.39 is 0 Å². The molecule has 1 rings (SSSR count). The Hall–Kier alpha value is -1.06. The maximum atomic E-state index is 8.67. The first-order valence-electron chi connectivity index (χ1n) is 5.76. The van der Waals surface area contributed by atoms with Gasteiger partial charge < -0.3 is 15.2 Å². The van der Waals surface area contributed by atoms with Gasteiger partial charge in [-0.3, -0.25) is 0 Å². The highest BCUT2D eigenvalue weighted by Crippen LogP contribution is 2.18. The van der Waals surface area contributed by atoms with E-state index in [-0.39, 0.29) is 6.61 Å². The van der Waals surface area contributed by atoms with E-state index >= 15 is 0 Å². The van der Waals surface area contributed by atoms with Crippen molar-refractivity contribution >= 4 is 0 Å². The number of benzene rings is 1. The van der Waals surface area contributed by atoms with Crippen molar-refractivity contribution < 1.29 is 9.84 Å². The largest absolute Gasteiger partial charge is 0.497 e. The summed E-state index contributed by atoms with van der Waals surface area (Å²) in [6, 6.07) is 8.40. The van der Waals surface area contributed by atoms with Gasteiger partial charge >= 0.3 is 0 Å². The van der Waals surface area contributed by atoms with Gasteiger partial charge in [0.2, 0.25) is 0 Å². The molecule has 0 spiro atoms. The molecule has 2 N–H and O–H groups in total. The molecule has 0 aliphatic rings. The van der Waals surface area contributed by atoms with Crippen molar-refractivity contribution in [1.29, 1.82) is 0 Å². The van der Waals surface area contributed by atoms with Crippen LogP contribution in [0.2, 0.25) is 0 Å². The number of nitrogens with one attached hydrogen (secondary N) is 1. The average Bonchev–Trinajstić information content (AvgIpc) is 2.34. The highest BCUT2D eigenvalue weighted by molar-refractivity contribution is 5.30. The lowest BCUT2D eigenvalue weighted by Gasteiger charge is -2.14. The lowest BCUT2D eigenvalue weighted by molar-refractivity contribution is 0.283. The van der Waals surface area contributed by atoms with Crippen molar-refractivity contribution in [2.75, 3.05) is 20.3 Å². The summed E-state index contributed by atoms with van der Waals surface area (Å²) >= 11 is 0. The predicted octanol–water partition coefficient (Wildman–Crippen LogP) is 2.12. The standard InChI is InChI=1S/C13H21NO2/c1-11(14-8-3-4-9-15)12-6-5-7-13(10-12)16-2/h5-7,10-11,14-15H,3-4,8-9H2,1-2H3. The molecule has 0 radical (unpaired) electrons. The van der Waals surface area contributed by atoms with Crippen molar-refractivity contribution in [2.24, 2.45) is 0 Å². The third-order valence-corrected chi connectivity index (χ3v) is 2.63. The van der Waals surface area contributed by atoms with E-state index in [1.807, 2.05) is 18.2 Å². The van der Waals surface area contributed by atoms with Crippen LogP contribution < -0.4 is 10.1 Å². The molecule has 90 valence electrons. The number of hydrogen-bond acceptors (Lipinski definition) is 3. The van der Waals surface area contributed by atoms with Crippen LogP contribution >= 0.6 is 0 Å². The molecule has 1 unspecified atom stereocenters. The smallest absolute Gasteiger partial charge is 0.119 e. The minimum absolute atomic E-state index is 0.273. The Kier molecular flexibility index (Phi) is 5.90. The average molecular weight is 223 g/mol. The van der Waals surface area contributed by atoms with Crippen LogP contribution in [-0.2, 0) is 0 Å². The molecule has 3 heteroatoms. The van der Waals surface area contributed by atoms with Crippen LogP contribution in [0.1, 0.15) is 31.4 Å². The predicted molar refractivity (Wildman–Crippen MR) is 65.7 cm³/mol.